The summed E-state index contributed by atoms with van der Waals surface area (Å²) in [6.07, 6.45) is 4.89. The summed E-state index contributed by atoms with van der Waals surface area (Å²) < 4.78 is 7.39. The van der Waals surface area contributed by atoms with Gasteiger partial charge in [0.15, 0.2) is 0 Å². The maximum atomic E-state index is 11.7. The van der Waals surface area contributed by atoms with Crippen LogP contribution in [-0.4, -0.2) is 43.7 Å². The Labute approximate surface area is 134 Å². The molecule has 124 valence electrons. The Morgan fingerprint density at radius 2 is 2.22 bits per heavy atom. The Morgan fingerprint density at radius 1 is 1.48 bits per heavy atom. The van der Waals surface area contributed by atoms with Gasteiger partial charge in [0.2, 0.25) is 11.5 Å². The molecule has 1 saturated carbocycles. The van der Waals surface area contributed by atoms with Crippen molar-refractivity contribution in [1.29, 1.82) is 0 Å². The summed E-state index contributed by atoms with van der Waals surface area (Å²) >= 11 is 0. The Morgan fingerprint density at radius 3 is 2.87 bits per heavy atom. The minimum Gasteiger partial charge on any atom is -0.473 e. The summed E-state index contributed by atoms with van der Waals surface area (Å²) in [4.78, 5) is 12.9. The van der Waals surface area contributed by atoms with Crippen LogP contribution in [0.4, 0.5) is 10.5 Å². The molecule has 0 unspecified atom stereocenters. The quantitative estimate of drug-likeness (QED) is 0.910. The van der Waals surface area contributed by atoms with Gasteiger partial charge in [-0.15, -0.1) is 15.3 Å². The first-order valence-corrected chi connectivity index (χ1v) is 7.93. The molecule has 0 aromatic carbocycles. The average Bonchev–Trinajstić information content (AvgIpc) is 3.14. The lowest BCUT2D eigenvalue weighted by atomic mass is 10.2. The second-order valence-electron chi connectivity index (χ2n) is 6.28. The van der Waals surface area contributed by atoms with Gasteiger partial charge in [0, 0.05) is 12.6 Å². The zero-order valence-corrected chi connectivity index (χ0v) is 13.3. The van der Waals surface area contributed by atoms with Gasteiger partial charge in [0.1, 0.15) is 12.4 Å². The zero-order valence-electron chi connectivity index (χ0n) is 13.3. The number of carboxylic acid groups (broad SMARTS) is 1. The third-order valence-corrected chi connectivity index (χ3v) is 3.89. The predicted octanol–water partition coefficient (Wildman–Crippen LogP) is 2.59. The van der Waals surface area contributed by atoms with E-state index in [2.05, 4.69) is 15.3 Å². The lowest BCUT2D eigenvalue weighted by Crippen LogP contribution is -2.33. The van der Waals surface area contributed by atoms with Gasteiger partial charge in [-0.3, -0.25) is 4.90 Å². The maximum absolute atomic E-state index is 11.7. The van der Waals surface area contributed by atoms with Crippen LogP contribution < -0.4 is 9.64 Å². The molecule has 1 fully saturated rings. The molecule has 1 amide bonds. The van der Waals surface area contributed by atoms with E-state index < -0.39 is 6.09 Å². The number of carbonyl (C=O) groups is 1. The van der Waals surface area contributed by atoms with Gasteiger partial charge in [-0.25, -0.2) is 4.79 Å². The van der Waals surface area contributed by atoms with Gasteiger partial charge in [-0.2, -0.15) is 4.52 Å². The van der Waals surface area contributed by atoms with E-state index in [1.54, 1.807) is 6.07 Å². The first-order chi connectivity index (χ1) is 11.0. The van der Waals surface area contributed by atoms with Crippen LogP contribution in [0.2, 0.25) is 0 Å². The summed E-state index contributed by atoms with van der Waals surface area (Å²) in [6.45, 7) is 4.30. The van der Waals surface area contributed by atoms with Crippen molar-refractivity contribution in [3.05, 3.63) is 12.4 Å². The number of ether oxygens (including phenoxy) is 1. The molecule has 0 radical (unpaired) electrons. The zero-order chi connectivity index (χ0) is 16.4. The van der Waals surface area contributed by atoms with Crippen LogP contribution in [0.15, 0.2) is 12.4 Å². The normalized spacial score (nSPS) is 15.4. The molecule has 2 heterocycles. The van der Waals surface area contributed by atoms with Crippen molar-refractivity contribution in [1.82, 2.24) is 19.8 Å². The Hall–Kier alpha value is -2.38. The Balaban J connectivity index is 1.99. The van der Waals surface area contributed by atoms with E-state index in [0.717, 1.165) is 25.7 Å². The fourth-order valence-corrected chi connectivity index (χ4v) is 2.87. The SMILES string of the molecule is CC(C)CN(C(=O)O)c1cc(OC2CCCC2)nn2cnnc12. The number of amides is 1. The second-order valence-corrected chi connectivity index (χ2v) is 6.28. The van der Waals surface area contributed by atoms with E-state index in [1.165, 1.54) is 15.7 Å². The van der Waals surface area contributed by atoms with Crippen LogP contribution in [0.5, 0.6) is 5.88 Å². The van der Waals surface area contributed by atoms with Crippen molar-refractivity contribution >= 4 is 17.4 Å². The fraction of sp³-hybridized carbons (Fsp3) is 0.600. The van der Waals surface area contributed by atoms with E-state index in [4.69, 9.17) is 4.74 Å². The number of hydrogen-bond acceptors (Lipinski definition) is 5. The summed E-state index contributed by atoms with van der Waals surface area (Å²) in [7, 11) is 0. The van der Waals surface area contributed by atoms with E-state index in [1.807, 2.05) is 13.8 Å². The minimum absolute atomic E-state index is 0.146. The van der Waals surface area contributed by atoms with Crippen LogP contribution in [-0.2, 0) is 0 Å². The van der Waals surface area contributed by atoms with Gasteiger partial charge < -0.3 is 9.84 Å². The topological polar surface area (TPSA) is 92.9 Å². The van der Waals surface area contributed by atoms with E-state index in [-0.39, 0.29) is 12.0 Å². The summed E-state index contributed by atoms with van der Waals surface area (Å²) in [6, 6.07) is 1.65. The van der Waals surface area contributed by atoms with E-state index >= 15 is 0 Å². The van der Waals surface area contributed by atoms with Crippen LogP contribution in [0.25, 0.3) is 5.65 Å². The predicted molar refractivity (Wildman–Crippen MR) is 83.9 cm³/mol. The lowest BCUT2D eigenvalue weighted by molar-refractivity contribution is 0.197. The Kier molecular flexibility index (Phi) is 4.31. The molecule has 2 aromatic heterocycles. The van der Waals surface area contributed by atoms with E-state index in [9.17, 15) is 9.90 Å². The number of fused-ring (bicyclic) bond motifs is 1. The standard InChI is InChI=1S/C15H21N5O3/c1-10(2)8-19(15(21)22)12-7-13(23-11-5-3-4-6-11)18-20-9-16-17-14(12)20/h7,9-11H,3-6,8H2,1-2H3,(H,21,22). The molecule has 1 aliphatic carbocycles. The van der Waals surface area contributed by atoms with Gasteiger partial charge >= 0.3 is 6.09 Å². The maximum Gasteiger partial charge on any atom is 0.411 e. The first kappa shape index (κ1) is 15.5. The van der Waals surface area contributed by atoms with E-state index in [0.29, 0.717) is 23.8 Å². The highest BCUT2D eigenvalue weighted by molar-refractivity contribution is 5.91. The van der Waals surface area contributed by atoms with Crippen molar-refractivity contribution in [2.24, 2.45) is 5.92 Å². The minimum atomic E-state index is -1.03. The molecular formula is C15H21N5O3. The second kappa shape index (κ2) is 6.39. The molecule has 0 spiro atoms. The number of nitrogens with zero attached hydrogens (tertiary/aromatic N) is 5. The van der Waals surface area contributed by atoms with Crippen molar-refractivity contribution in [2.75, 3.05) is 11.4 Å². The molecule has 3 rings (SSSR count). The van der Waals surface area contributed by atoms with Gasteiger partial charge in [0.25, 0.3) is 0 Å². The van der Waals surface area contributed by atoms with Crippen molar-refractivity contribution in [3.8, 4) is 5.88 Å². The molecule has 8 nitrogen and oxygen atoms in total. The average molecular weight is 319 g/mol. The van der Waals surface area contributed by atoms with Crippen LogP contribution >= 0.6 is 0 Å². The van der Waals surface area contributed by atoms with Crippen molar-refractivity contribution in [2.45, 2.75) is 45.6 Å². The monoisotopic (exact) mass is 319 g/mol. The van der Waals surface area contributed by atoms with Gasteiger partial charge in [-0.1, -0.05) is 13.8 Å². The molecule has 0 aliphatic heterocycles. The molecule has 2 aromatic rings. The van der Waals surface area contributed by atoms with Crippen molar-refractivity contribution in [3.63, 3.8) is 0 Å². The first-order valence-electron chi connectivity index (χ1n) is 7.93. The number of rotatable bonds is 5. The van der Waals surface area contributed by atoms with Crippen LogP contribution in [0.1, 0.15) is 39.5 Å². The molecule has 1 N–H and O–H groups in total. The van der Waals surface area contributed by atoms with Gasteiger partial charge in [0.05, 0.1) is 5.69 Å². The highest BCUT2D eigenvalue weighted by Crippen LogP contribution is 2.28. The number of aromatic nitrogens is 4. The molecular weight excluding hydrogens is 298 g/mol. The largest absolute Gasteiger partial charge is 0.473 e. The third kappa shape index (κ3) is 3.35. The molecule has 0 atom stereocenters. The van der Waals surface area contributed by atoms with Crippen LogP contribution in [0, 0.1) is 5.92 Å². The smallest absolute Gasteiger partial charge is 0.411 e. The highest BCUT2D eigenvalue weighted by Gasteiger charge is 2.23. The number of anilines is 1. The van der Waals surface area contributed by atoms with Crippen LogP contribution in [0.3, 0.4) is 0 Å². The van der Waals surface area contributed by atoms with Crippen molar-refractivity contribution < 1.29 is 14.6 Å². The molecule has 0 bridgehead atoms. The number of hydrogen-bond donors (Lipinski definition) is 1. The lowest BCUT2D eigenvalue weighted by Gasteiger charge is -2.22. The Bertz CT molecular complexity index is 693. The molecule has 8 heteroatoms. The molecule has 1 aliphatic rings. The summed E-state index contributed by atoms with van der Waals surface area (Å²) in [5, 5.41) is 21.7. The highest BCUT2D eigenvalue weighted by atomic mass is 16.5. The summed E-state index contributed by atoms with van der Waals surface area (Å²) in [5.74, 6) is 0.593. The third-order valence-electron chi connectivity index (χ3n) is 3.89. The molecule has 23 heavy (non-hydrogen) atoms. The van der Waals surface area contributed by atoms with Gasteiger partial charge in [-0.05, 0) is 31.6 Å². The molecule has 0 saturated heterocycles. The summed E-state index contributed by atoms with van der Waals surface area (Å²) in [5.41, 5.74) is 0.860. The fourth-order valence-electron chi connectivity index (χ4n) is 2.87.